The molecular weight excluding hydrogens is 490 g/mol. The Morgan fingerprint density at radius 3 is 2.14 bits per heavy atom. The molecule has 1 N–H and O–H groups in total. The number of carbonyl (C=O) groups excluding carboxylic acids is 2. The maximum atomic E-state index is 13.8. The quantitative estimate of drug-likeness (QED) is 0.413. The number of amides is 2. The van der Waals surface area contributed by atoms with Crippen LogP contribution >= 0.6 is 0 Å². The fourth-order valence-corrected chi connectivity index (χ4v) is 5.23. The molecule has 0 spiro atoms. The number of rotatable bonds is 11. The van der Waals surface area contributed by atoms with E-state index >= 15 is 0 Å². The zero-order valence-corrected chi connectivity index (χ0v) is 22.4. The van der Waals surface area contributed by atoms with Crippen molar-refractivity contribution in [3.8, 4) is 5.75 Å². The highest BCUT2D eigenvalue weighted by Gasteiger charge is 2.32. The molecule has 0 fully saturated rings. The van der Waals surface area contributed by atoms with Crippen molar-refractivity contribution >= 4 is 27.5 Å². The van der Waals surface area contributed by atoms with E-state index in [1.165, 1.54) is 24.1 Å². The molecule has 196 valence electrons. The van der Waals surface area contributed by atoms with Gasteiger partial charge in [0.15, 0.2) is 0 Å². The molecule has 8 nitrogen and oxygen atoms in total. The molecule has 3 rings (SSSR count). The third-order valence-electron chi connectivity index (χ3n) is 5.93. The minimum Gasteiger partial charge on any atom is -0.494 e. The number of nitrogens with one attached hydrogen (secondary N) is 1. The van der Waals surface area contributed by atoms with Gasteiger partial charge in [-0.25, -0.2) is 8.42 Å². The zero-order valence-electron chi connectivity index (χ0n) is 21.5. The first kappa shape index (κ1) is 27.7. The Bertz CT molecular complexity index is 1290. The van der Waals surface area contributed by atoms with Crippen LogP contribution in [-0.4, -0.2) is 51.4 Å². The summed E-state index contributed by atoms with van der Waals surface area (Å²) in [4.78, 5) is 27.7. The molecule has 3 aromatic rings. The number of hydrogen-bond acceptors (Lipinski definition) is 5. The summed E-state index contributed by atoms with van der Waals surface area (Å²) in [5.41, 5.74) is 2.04. The normalized spacial score (nSPS) is 11.9. The predicted octanol–water partition coefficient (Wildman–Crippen LogP) is 3.75. The van der Waals surface area contributed by atoms with Crippen LogP contribution in [0.5, 0.6) is 5.75 Å². The maximum absolute atomic E-state index is 13.8. The summed E-state index contributed by atoms with van der Waals surface area (Å²) in [6, 6.07) is 21.4. The minimum atomic E-state index is -4.10. The van der Waals surface area contributed by atoms with Crippen molar-refractivity contribution in [2.75, 3.05) is 24.5 Å². The number of carbonyl (C=O) groups is 2. The summed E-state index contributed by atoms with van der Waals surface area (Å²) in [6.45, 7) is 5.47. The van der Waals surface area contributed by atoms with Crippen molar-refractivity contribution in [3.63, 3.8) is 0 Å². The van der Waals surface area contributed by atoms with E-state index in [4.69, 9.17) is 4.74 Å². The Labute approximate surface area is 218 Å². The van der Waals surface area contributed by atoms with Gasteiger partial charge in [0.1, 0.15) is 18.3 Å². The number of aryl methyl sites for hydroxylation is 1. The number of anilines is 1. The smallest absolute Gasteiger partial charge is 0.264 e. The molecule has 9 heteroatoms. The lowest BCUT2D eigenvalue weighted by molar-refractivity contribution is -0.139. The molecule has 0 unspecified atom stereocenters. The Hall–Kier alpha value is -3.85. The number of likely N-dealkylation sites (N-methyl/N-ethyl adjacent to an activating group) is 1. The molecule has 2 amide bonds. The maximum Gasteiger partial charge on any atom is 0.264 e. The van der Waals surface area contributed by atoms with Crippen molar-refractivity contribution in [2.45, 2.75) is 38.3 Å². The Kier molecular flexibility index (Phi) is 9.30. The van der Waals surface area contributed by atoms with Crippen molar-refractivity contribution in [3.05, 3.63) is 90.0 Å². The van der Waals surface area contributed by atoms with Crippen LogP contribution in [-0.2, 0) is 26.2 Å². The Morgan fingerprint density at radius 1 is 0.946 bits per heavy atom. The highest BCUT2D eigenvalue weighted by molar-refractivity contribution is 7.92. The third kappa shape index (κ3) is 6.89. The van der Waals surface area contributed by atoms with Crippen LogP contribution in [0, 0.1) is 6.92 Å². The Morgan fingerprint density at radius 2 is 1.57 bits per heavy atom. The molecule has 0 saturated carbocycles. The minimum absolute atomic E-state index is 0.0637. The van der Waals surface area contributed by atoms with Crippen LogP contribution in [0.3, 0.4) is 0 Å². The highest BCUT2D eigenvalue weighted by atomic mass is 32.2. The number of ether oxygens (including phenoxy) is 1. The summed E-state index contributed by atoms with van der Waals surface area (Å²) >= 11 is 0. The van der Waals surface area contributed by atoms with Gasteiger partial charge in [0.25, 0.3) is 10.0 Å². The van der Waals surface area contributed by atoms with Gasteiger partial charge in [-0.3, -0.25) is 13.9 Å². The van der Waals surface area contributed by atoms with Crippen LogP contribution in [0.15, 0.2) is 83.8 Å². The first-order chi connectivity index (χ1) is 17.7. The molecule has 0 aliphatic carbocycles. The molecule has 0 radical (unpaired) electrons. The molecule has 37 heavy (non-hydrogen) atoms. The molecular formula is C28H33N3O5S. The van der Waals surface area contributed by atoms with E-state index in [0.29, 0.717) is 18.0 Å². The molecule has 0 aromatic heterocycles. The lowest BCUT2D eigenvalue weighted by Gasteiger charge is -2.31. The molecule has 0 saturated heterocycles. The second-order valence-corrected chi connectivity index (χ2v) is 10.4. The van der Waals surface area contributed by atoms with Gasteiger partial charge >= 0.3 is 0 Å². The molecule has 0 aliphatic heterocycles. The van der Waals surface area contributed by atoms with Gasteiger partial charge in [-0.2, -0.15) is 0 Å². The van der Waals surface area contributed by atoms with Crippen LogP contribution in [0.4, 0.5) is 5.69 Å². The van der Waals surface area contributed by atoms with Crippen molar-refractivity contribution < 1.29 is 22.7 Å². The van der Waals surface area contributed by atoms with Crippen molar-refractivity contribution in [1.82, 2.24) is 10.2 Å². The molecule has 0 heterocycles. The van der Waals surface area contributed by atoms with E-state index in [0.717, 1.165) is 15.4 Å². The number of benzene rings is 3. The summed E-state index contributed by atoms with van der Waals surface area (Å²) in [5.74, 6) is -0.271. The molecule has 0 bridgehead atoms. The fourth-order valence-electron chi connectivity index (χ4n) is 3.81. The SMILES string of the molecule is CCOc1ccc(N(CC(=O)N(Cc2ccccc2)[C@@H](C)C(=O)NC)S(=O)(=O)c2ccc(C)cc2)cc1. The van der Waals surface area contributed by atoms with Gasteiger partial charge in [0, 0.05) is 13.6 Å². The summed E-state index contributed by atoms with van der Waals surface area (Å²) in [6.07, 6.45) is 0. The monoisotopic (exact) mass is 523 g/mol. The largest absolute Gasteiger partial charge is 0.494 e. The number of nitrogens with zero attached hydrogens (tertiary/aromatic N) is 2. The molecule has 1 atom stereocenters. The first-order valence-electron chi connectivity index (χ1n) is 12.0. The number of sulfonamides is 1. The fraction of sp³-hybridized carbons (Fsp3) is 0.286. The summed E-state index contributed by atoms with van der Waals surface area (Å²) in [7, 11) is -2.61. The average molecular weight is 524 g/mol. The predicted molar refractivity (Wildman–Crippen MR) is 144 cm³/mol. The lowest BCUT2D eigenvalue weighted by Crippen LogP contribution is -2.50. The van der Waals surface area contributed by atoms with Crippen LogP contribution < -0.4 is 14.4 Å². The van der Waals surface area contributed by atoms with Gasteiger partial charge in [0.2, 0.25) is 11.8 Å². The van der Waals surface area contributed by atoms with Gasteiger partial charge in [-0.1, -0.05) is 48.0 Å². The highest BCUT2D eigenvalue weighted by Crippen LogP contribution is 2.27. The third-order valence-corrected chi connectivity index (χ3v) is 7.72. The van der Waals surface area contributed by atoms with E-state index < -0.39 is 28.5 Å². The van der Waals surface area contributed by atoms with Crippen LogP contribution in [0.2, 0.25) is 0 Å². The number of hydrogen-bond donors (Lipinski definition) is 1. The van der Waals surface area contributed by atoms with E-state index in [-0.39, 0.29) is 17.3 Å². The van der Waals surface area contributed by atoms with Crippen molar-refractivity contribution in [1.29, 1.82) is 0 Å². The van der Waals surface area contributed by atoms with E-state index in [9.17, 15) is 18.0 Å². The summed E-state index contributed by atoms with van der Waals surface area (Å²) in [5, 5.41) is 2.57. The van der Waals surface area contributed by atoms with Gasteiger partial charge < -0.3 is 15.0 Å². The second-order valence-electron chi connectivity index (χ2n) is 8.55. The lowest BCUT2D eigenvalue weighted by atomic mass is 10.1. The van der Waals surface area contributed by atoms with E-state index in [2.05, 4.69) is 5.32 Å². The second kappa shape index (κ2) is 12.4. The van der Waals surface area contributed by atoms with Gasteiger partial charge in [0.05, 0.1) is 17.2 Å². The topological polar surface area (TPSA) is 96.0 Å². The first-order valence-corrected chi connectivity index (χ1v) is 13.5. The van der Waals surface area contributed by atoms with Crippen LogP contribution in [0.25, 0.3) is 0 Å². The van der Waals surface area contributed by atoms with E-state index in [1.807, 2.05) is 44.2 Å². The van der Waals surface area contributed by atoms with Crippen molar-refractivity contribution in [2.24, 2.45) is 0 Å². The standard InChI is InChI=1S/C28H33N3O5S/c1-5-36-25-15-13-24(14-16-25)31(37(34,35)26-17-11-21(2)12-18-26)20-27(32)30(22(3)28(33)29-4)19-23-9-7-6-8-10-23/h6-18,22H,5,19-20H2,1-4H3,(H,29,33)/t22-/m0/s1. The average Bonchev–Trinajstić information content (AvgIpc) is 2.91. The zero-order chi connectivity index (χ0) is 27.0. The van der Waals surface area contributed by atoms with E-state index in [1.54, 1.807) is 43.3 Å². The Balaban J connectivity index is 2.02. The van der Waals surface area contributed by atoms with Crippen LogP contribution in [0.1, 0.15) is 25.0 Å². The molecule has 0 aliphatic rings. The van der Waals surface area contributed by atoms with Gasteiger partial charge in [-0.15, -0.1) is 0 Å². The molecule has 3 aromatic carbocycles. The summed E-state index contributed by atoms with van der Waals surface area (Å²) < 4.78 is 34.1. The van der Waals surface area contributed by atoms with Gasteiger partial charge in [-0.05, 0) is 62.7 Å².